The van der Waals surface area contributed by atoms with Crippen molar-refractivity contribution in [1.29, 1.82) is 0 Å². The minimum absolute atomic E-state index is 0. The van der Waals surface area contributed by atoms with Crippen LogP contribution in [0.3, 0.4) is 0 Å². The van der Waals surface area contributed by atoms with Crippen LogP contribution in [-0.2, 0) is 4.79 Å². The molecule has 0 atom stereocenters. The Labute approximate surface area is 56.5 Å². The molecule has 0 heterocycles. The first-order valence-corrected chi connectivity index (χ1v) is 2.41. The van der Waals surface area contributed by atoms with Crippen molar-refractivity contribution in [2.45, 2.75) is 6.92 Å². The Morgan fingerprint density at radius 2 is 1.88 bits per heavy atom. The van der Waals surface area contributed by atoms with Crippen LogP contribution >= 0.6 is 0 Å². The molecule has 2 nitrogen and oxygen atoms in total. The van der Waals surface area contributed by atoms with E-state index in [1.807, 2.05) is 21.0 Å². The predicted octanol–water partition coefficient (Wildman–Crippen LogP) is -2.76. The predicted molar refractivity (Wildman–Crippen MR) is 28.7 cm³/mol. The first kappa shape index (κ1) is 10.8. The Balaban J connectivity index is 0. The van der Waals surface area contributed by atoms with Gasteiger partial charge in [0.1, 0.15) is 0 Å². The molecule has 1 amide bonds. The van der Waals surface area contributed by atoms with Gasteiger partial charge < -0.3 is 12.4 Å². The maximum Gasteiger partial charge on any atom is 0.301 e. The van der Waals surface area contributed by atoms with Crippen molar-refractivity contribution in [3.05, 3.63) is 0 Å². The lowest BCUT2D eigenvalue weighted by Crippen LogP contribution is -3.00. The molecule has 0 saturated heterocycles. The van der Waals surface area contributed by atoms with E-state index in [0.717, 1.165) is 13.0 Å². The lowest BCUT2D eigenvalue weighted by Gasteiger charge is -2.17. The van der Waals surface area contributed by atoms with Gasteiger partial charge >= 0.3 is 6.41 Å². The van der Waals surface area contributed by atoms with Crippen LogP contribution in [-0.4, -0.2) is 31.5 Å². The highest BCUT2D eigenvalue weighted by Crippen LogP contribution is 1.85. The van der Waals surface area contributed by atoms with Crippen molar-refractivity contribution in [1.82, 2.24) is 0 Å². The van der Waals surface area contributed by atoms with Gasteiger partial charge in [0.05, 0.1) is 20.6 Å². The maximum absolute atomic E-state index is 10.0. The SMILES string of the molecule is CC[N+](C)(C)C=O.[Cl-]. The van der Waals surface area contributed by atoms with Crippen molar-refractivity contribution >= 4 is 6.41 Å². The van der Waals surface area contributed by atoms with E-state index in [0.29, 0.717) is 4.48 Å². The van der Waals surface area contributed by atoms with Gasteiger partial charge in [-0.25, -0.2) is 4.79 Å². The quantitative estimate of drug-likeness (QED) is 0.298. The van der Waals surface area contributed by atoms with Crippen LogP contribution in [0, 0.1) is 0 Å². The van der Waals surface area contributed by atoms with E-state index in [4.69, 9.17) is 0 Å². The average Bonchev–Trinajstić information content (AvgIpc) is 1.68. The summed E-state index contributed by atoms with van der Waals surface area (Å²) in [6.07, 6.45) is 0.931. The van der Waals surface area contributed by atoms with Crippen LogP contribution in [0.15, 0.2) is 0 Å². The summed E-state index contributed by atoms with van der Waals surface area (Å²) in [5.74, 6) is 0. The molecular formula is C5H12ClNO. The smallest absolute Gasteiger partial charge is 0.301 e. The van der Waals surface area contributed by atoms with Crippen LogP contribution in [0.4, 0.5) is 0 Å². The normalized spacial score (nSPS) is 9.88. The monoisotopic (exact) mass is 137 g/mol. The van der Waals surface area contributed by atoms with Crippen molar-refractivity contribution in [2.75, 3.05) is 20.6 Å². The largest absolute Gasteiger partial charge is 1.00 e. The van der Waals surface area contributed by atoms with Crippen LogP contribution in [0.5, 0.6) is 0 Å². The molecule has 0 radical (unpaired) electrons. The van der Waals surface area contributed by atoms with E-state index in [2.05, 4.69) is 0 Å². The fourth-order valence-corrected chi connectivity index (χ4v) is 0.0745. The van der Waals surface area contributed by atoms with Gasteiger partial charge in [0.15, 0.2) is 0 Å². The second-order valence-electron chi connectivity index (χ2n) is 2.20. The molecule has 0 rings (SSSR count). The molecule has 0 fully saturated rings. The highest BCUT2D eigenvalue weighted by molar-refractivity contribution is 5.36. The van der Waals surface area contributed by atoms with E-state index in [1.54, 1.807) is 0 Å². The molecule has 0 aromatic carbocycles. The third-order valence-electron chi connectivity index (χ3n) is 1.10. The number of carbonyl (C=O) groups excluding carboxylic acids is 1. The van der Waals surface area contributed by atoms with Gasteiger partial charge in [-0.3, -0.25) is 4.48 Å². The Bertz CT molecular complexity index is 72.8. The van der Waals surface area contributed by atoms with Gasteiger partial charge in [-0.15, -0.1) is 0 Å². The summed E-state index contributed by atoms with van der Waals surface area (Å²) in [4.78, 5) is 10.0. The van der Waals surface area contributed by atoms with E-state index in [9.17, 15) is 4.79 Å². The molecule has 0 aromatic rings. The summed E-state index contributed by atoms with van der Waals surface area (Å²) in [6, 6.07) is 0. The van der Waals surface area contributed by atoms with Gasteiger partial charge in [-0.2, -0.15) is 0 Å². The van der Waals surface area contributed by atoms with E-state index < -0.39 is 0 Å². The zero-order valence-electron chi connectivity index (χ0n) is 5.52. The molecule has 3 heteroatoms. The van der Waals surface area contributed by atoms with Crippen LogP contribution in [0.1, 0.15) is 6.92 Å². The van der Waals surface area contributed by atoms with E-state index >= 15 is 0 Å². The highest BCUT2D eigenvalue weighted by Gasteiger charge is 2.06. The standard InChI is InChI=1S/C5H12NO.ClH/c1-4-6(2,3)5-7;/h5H,4H2,1-3H3;1H/q+1;/p-1. The first-order chi connectivity index (χ1) is 3.12. The number of amides is 1. The zero-order valence-corrected chi connectivity index (χ0v) is 6.27. The van der Waals surface area contributed by atoms with Crippen LogP contribution in [0.25, 0.3) is 0 Å². The molecular weight excluding hydrogens is 126 g/mol. The topological polar surface area (TPSA) is 17.1 Å². The summed E-state index contributed by atoms with van der Waals surface area (Å²) in [7, 11) is 3.74. The Morgan fingerprint density at radius 3 is 1.88 bits per heavy atom. The van der Waals surface area contributed by atoms with Crippen molar-refractivity contribution in [2.24, 2.45) is 0 Å². The molecule has 0 aliphatic carbocycles. The Morgan fingerprint density at radius 1 is 1.50 bits per heavy atom. The zero-order chi connectivity index (χ0) is 5.91. The number of nitrogens with zero attached hydrogens (tertiary/aromatic N) is 1. The summed E-state index contributed by atoms with van der Waals surface area (Å²) in [5.41, 5.74) is 0. The summed E-state index contributed by atoms with van der Waals surface area (Å²) in [6.45, 7) is 2.85. The average molecular weight is 138 g/mol. The minimum Gasteiger partial charge on any atom is -1.00 e. The lowest BCUT2D eigenvalue weighted by molar-refractivity contribution is -0.802. The van der Waals surface area contributed by atoms with Crippen LogP contribution in [0.2, 0.25) is 0 Å². The van der Waals surface area contributed by atoms with Gasteiger partial charge in [0.25, 0.3) is 0 Å². The second-order valence-corrected chi connectivity index (χ2v) is 2.20. The number of hydrogen-bond acceptors (Lipinski definition) is 1. The first-order valence-electron chi connectivity index (χ1n) is 2.41. The fourth-order valence-electron chi connectivity index (χ4n) is 0.0745. The molecule has 0 saturated carbocycles. The van der Waals surface area contributed by atoms with Gasteiger partial charge in [0.2, 0.25) is 0 Å². The molecule has 0 aromatic heterocycles. The Hall–Kier alpha value is -0.0800. The number of hydrogen-bond donors (Lipinski definition) is 0. The number of halogens is 1. The van der Waals surface area contributed by atoms with Crippen LogP contribution < -0.4 is 12.4 Å². The Kier molecular flexibility index (Phi) is 5.23. The van der Waals surface area contributed by atoms with Gasteiger partial charge in [-0.05, 0) is 6.92 Å². The summed E-state index contributed by atoms with van der Waals surface area (Å²) < 4.78 is 0.458. The lowest BCUT2D eigenvalue weighted by atomic mass is 10.6. The molecule has 50 valence electrons. The number of carbonyl (C=O) groups is 1. The highest BCUT2D eigenvalue weighted by atomic mass is 35.5. The molecule has 8 heavy (non-hydrogen) atoms. The molecule has 0 unspecified atom stereocenters. The van der Waals surface area contributed by atoms with Gasteiger partial charge in [0, 0.05) is 0 Å². The molecule has 0 aliphatic rings. The van der Waals surface area contributed by atoms with Crippen molar-refractivity contribution < 1.29 is 21.7 Å². The minimum atomic E-state index is 0. The van der Waals surface area contributed by atoms with E-state index in [1.165, 1.54) is 0 Å². The number of rotatable bonds is 2. The van der Waals surface area contributed by atoms with E-state index in [-0.39, 0.29) is 12.4 Å². The summed E-state index contributed by atoms with van der Waals surface area (Å²) >= 11 is 0. The third kappa shape index (κ3) is 4.09. The maximum atomic E-state index is 10.0. The second kappa shape index (κ2) is 3.87. The fraction of sp³-hybridized carbons (Fsp3) is 0.800. The molecule has 0 spiro atoms. The molecule has 0 N–H and O–H groups in total. The molecule has 0 bridgehead atoms. The molecule has 0 aliphatic heterocycles. The number of quaternary nitrogens is 1. The van der Waals surface area contributed by atoms with Gasteiger partial charge in [-0.1, -0.05) is 0 Å². The van der Waals surface area contributed by atoms with Crippen molar-refractivity contribution in [3.63, 3.8) is 0 Å². The summed E-state index contributed by atoms with van der Waals surface area (Å²) in [5, 5.41) is 0. The van der Waals surface area contributed by atoms with Crippen molar-refractivity contribution in [3.8, 4) is 0 Å². The third-order valence-corrected chi connectivity index (χ3v) is 1.10.